The van der Waals surface area contributed by atoms with Crippen molar-refractivity contribution in [2.24, 2.45) is 5.14 Å². The molecule has 2 nitrogen and oxygen atoms in total. The van der Waals surface area contributed by atoms with E-state index in [9.17, 15) is 17.4 Å². The summed E-state index contributed by atoms with van der Waals surface area (Å²) in [6.07, 6.45) is -4.40. The van der Waals surface area contributed by atoms with E-state index in [0.29, 0.717) is 0 Å². The highest BCUT2D eigenvalue weighted by Gasteiger charge is 2.29. The van der Waals surface area contributed by atoms with Crippen LogP contribution in [0.25, 0.3) is 0 Å². The molecule has 8 heavy (non-hydrogen) atoms. The van der Waals surface area contributed by atoms with Crippen LogP contribution in [-0.2, 0) is 11.0 Å². The van der Waals surface area contributed by atoms with E-state index in [1.807, 2.05) is 0 Å². The molecule has 0 aromatic carbocycles. The van der Waals surface area contributed by atoms with Gasteiger partial charge in [0.1, 0.15) is 5.75 Å². The van der Waals surface area contributed by atoms with Gasteiger partial charge in [0.25, 0.3) is 0 Å². The summed E-state index contributed by atoms with van der Waals surface area (Å²) >= 11 is 0. The highest BCUT2D eigenvalue weighted by atomic mass is 32.2. The second-order valence-corrected chi connectivity index (χ2v) is 2.19. The molecule has 0 bridgehead atoms. The van der Waals surface area contributed by atoms with Crippen molar-refractivity contribution < 1.29 is 17.4 Å². The van der Waals surface area contributed by atoms with Gasteiger partial charge in [-0.1, -0.05) is 0 Å². The van der Waals surface area contributed by atoms with Gasteiger partial charge in [-0.05, 0) is 0 Å². The van der Waals surface area contributed by atoms with Gasteiger partial charge >= 0.3 is 6.18 Å². The lowest BCUT2D eigenvalue weighted by Crippen LogP contribution is -2.22. The van der Waals surface area contributed by atoms with E-state index in [1.165, 1.54) is 0 Å². The summed E-state index contributed by atoms with van der Waals surface area (Å²) in [5.41, 5.74) is 0. The fourth-order valence-corrected chi connectivity index (χ4v) is 0.484. The topological polar surface area (TPSA) is 43.1 Å². The van der Waals surface area contributed by atoms with Crippen LogP contribution in [0.1, 0.15) is 0 Å². The zero-order valence-electron chi connectivity index (χ0n) is 3.73. The van der Waals surface area contributed by atoms with Crippen molar-refractivity contribution in [3.63, 3.8) is 0 Å². The maximum Gasteiger partial charge on any atom is 0.401 e. The maximum absolute atomic E-state index is 11.0. The molecule has 2 N–H and O–H groups in total. The van der Waals surface area contributed by atoms with Gasteiger partial charge in [-0.2, -0.15) is 13.2 Å². The monoisotopic (exact) mass is 147 g/mol. The van der Waals surface area contributed by atoms with Crippen LogP contribution < -0.4 is 5.14 Å². The van der Waals surface area contributed by atoms with E-state index in [0.717, 1.165) is 0 Å². The minimum absolute atomic E-state index is 1.42. The molecule has 0 fully saturated rings. The summed E-state index contributed by atoms with van der Waals surface area (Å²) in [5.74, 6) is -1.42. The van der Waals surface area contributed by atoms with Crippen molar-refractivity contribution in [3.8, 4) is 0 Å². The lowest BCUT2D eigenvalue weighted by atomic mass is 10.8. The fourth-order valence-electron chi connectivity index (χ4n) is 0.161. The Bertz CT molecular complexity index is 99.9. The Kier molecular flexibility index (Phi) is 2.42. The molecule has 0 amide bonds. The normalized spacial score (nSPS) is 16.0. The van der Waals surface area contributed by atoms with E-state index < -0.39 is 22.9 Å². The minimum Gasteiger partial charge on any atom is -0.252 e. The summed E-state index contributed by atoms with van der Waals surface area (Å²) in [7, 11) is -2.26. The number of halogens is 3. The first-order chi connectivity index (χ1) is 3.42. The number of hydrogen-bond donors (Lipinski definition) is 1. The molecule has 0 saturated heterocycles. The van der Waals surface area contributed by atoms with E-state index in [-0.39, 0.29) is 0 Å². The molecule has 0 aromatic heterocycles. The smallest absolute Gasteiger partial charge is 0.252 e. The summed E-state index contributed by atoms with van der Waals surface area (Å²) in [6.45, 7) is 0. The molecule has 0 rings (SSSR count). The molecule has 1 atom stereocenters. The molecule has 0 aromatic rings. The molecular weight excluding hydrogens is 143 g/mol. The summed E-state index contributed by atoms with van der Waals surface area (Å²) in [4.78, 5) is 0. The SMILES string of the molecule is N[S@](=O)CC(F)(F)F. The standard InChI is InChI=1S/C2H4F3NOS/c3-2(4,5)1-8(6)7/h1,6H2/t8-/m1/s1. The first kappa shape index (κ1) is 7.90. The van der Waals surface area contributed by atoms with E-state index in [4.69, 9.17) is 0 Å². The average Bonchev–Trinajstić information content (AvgIpc) is 1.21. The highest BCUT2D eigenvalue weighted by Crippen LogP contribution is 2.13. The maximum atomic E-state index is 11.0. The molecule has 0 radical (unpaired) electrons. The zero-order chi connectivity index (χ0) is 6.78. The zero-order valence-corrected chi connectivity index (χ0v) is 4.55. The molecule has 0 spiro atoms. The van der Waals surface area contributed by atoms with Crippen LogP contribution in [0, 0.1) is 0 Å². The number of alkyl halides is 3. The van der Waals surface area contributed by atoms with Crippen molar-refractivity contribution in [1.82, 2.24) is 0 Å². The van der Waals surface area contributed by atoms with Crippen molar-refractivity contribution in [1.29, 1.82) is 0 Å². The Morgan fingerprint density at radius 3 is 1.88 bits per heavy atom. The van der Waals surface area contributed by atoms with Gasteiger partial charge in [-0.3, -0.25) is 5.14 Å². The van der Waals surface area contributed by atoms with Gasteiger partial charge in [-0.25, -0.2) is 4.21 Å². The molecule has 0 aliphatic heterocycles. The lowest BCUT2D eigenvalue weighted by molar-refractivity contribution is -0.105. The van der Waals surface area contributed by atoms with Crippen LogP contribution in [0.3, 0.4) is 0 Å². The molecule has 50 valence electrons. The van der Waals surface area contributed by atoms with Crippen molar-refractivity contribution in [2.45, 2.75) is 6.18 Å². The van der Waals surface area contributed by atoms with E-state index in [1.54, 1.807) is 0 Å². The van der Waals surface area contributed by atoms with Crippen LogP contribution in [-0.4, -0.2) is 16.1 Å². The number of rotatable bonds is 1. The summed E-state index contributed by atoms with van der Waals surface area (Å²) < 4.78 is 42.7. The van der Waals surface area contributed by atoms with Crippen LogP contribution in [0.2, 0.25) is 0 Å². The van der Waals surface area contributed by atoms with E-state index in [2.05, 4.69) is 5.14 Å². The third kappa shape index (κ3) is 5.90. The van der Waals surface area contributed by atoms with Gasteiger partial charge < -0.3 is 0 Å². The molecular formula is C2H4F3NOS. The largest absolute Gasteiger partial charge is 0.401 e. The predicted molar refractivity (Wildman–Crippen MR) is 23.3 cm³/mol. The molecule has 0 unspecified atom stereocenters. The Balaban J connectivity index is 3.55. The first-order valence-corrected chi connectivity index (χ1v) is 2.99. The second kappa shape index (κ2) is 2.45. The molecule has 0 heterocycles. The van der Waals surface area contributed by atoms with Gasteiger partial charge in [0.2, 0.25) is 0 Å². The quantitative estimate of drug-likeness (QED) is 0.564. The second-order valence-electron chi connectivity index (χ2n) is 1.14. The molecule has 0 aliphatic rings. The summed E-state index contributed by atoms with van der Waals surface area (Å²) in [5, 5.41) is 4.33. The van der Waals surface area contributed by atoms with Crippen molar-refractivity contribution in [2.75, 3.05) is 5.75 Å². The van der Waals surface area contributed by atoms with Crippen molar-refractivity contribution >= 4 is 11.0 Å². The van der Waals surface area contributed by atoms with Crippen LogP contribution in [0.15, 0.2) is 0 Å². The first-order valence-electron chi connectivity index (χ1n) is 1.61. The molecule has 0 saturated carbocycles. The van der Waals surface area contributed by atoms with Crippen LogP contribution >= 0.6 is 0 Å². The van der Waals surface area contributed by atoms with Gasteiger partial charge in [0.05, 0.1) is 11.0 Å². The molecule has 0 aliphatic carbocycles. The van der Waals surface area contributed by atoms with Crippen molar-refractivity contribution in [3.05, 3.63) is 0 Å². The fraction of sp³-hybridized carbons (Fsp3) is 1.00. The Morgan fingerprint density at radius 2 is 1.88 bits per heavy atom. The van der Waals surface area contributed by atoms with Crippen LogP contribution in [0.5, 0.6) is 0 Å². The molecule has 6 heteroatoms. The lowest BCUT2D eigenvalue weighted by Gasteiger charge is -2.00. The Hall–Kier alpha value is -0.100. The highest BCUT2D eigenvalue weighted by molar-refractivity contribution is 7.82. The predicted octanol–water partition coefficient (Wildman–Crippen LogP) is 0.171. The van der Waals surface area contributed by atoms with E-state index >= 15 is 0 Å². The Morgan fingerprint density at radius 1 is 1.50 bits per heavy atom. The van der Waals surface area contributed by atoms with Gasteiger partial charge in [0.15, 0.2) is 0 Å². The average molecular weight is 147 g/mol. The number of nitrogens with two attached hydrogens (primary N) is 1. The Labute approximate surface area is 46.5 Å². The van der Waals surface area contributed by atoms with Gasteiger partial charge in [0, 0.05) is 0 Å². The number of hydrogen-bond acceptors (Lipinski definition) is 1. The van der Waals surface area contributed by atoms with Gasteiger partial charge in [-0.15, -0.1) is 0 Å². The third-order valence-electron chi connectivity index (χ3n) is 0.306. The summed E-state index contributed by atoms with van der Waals surface area (Å²) in [6, 6.07) is 0. The van der Waals surface area contributed by atoms with Crippen LogP contribution in [0.4, 0.5) is 13.2 Å². The minimum atomic E-state index is -4.40. The third-order valence-corrected chi connectivity index (χ3v) is 0.918.